The summed E-state index contributed by atoms with van der Waals surface area (Å²) in [5.74, 6) is 6.59. The topological polar surface area (TPSA) is 98.7 Å². The maximum Gasteiger partial charge on any atom is 0.163 e. The standard InChI is InChI=1S/C21H18N6OS.ClH/c1-12(28)16-10-24-21(22)19-17(25-27(20(16)19)15-6-7-23-9-15)5-3-13-2-4-14-11-29-26-18(14)8-13;/h2,4,8,10-11,15,23H,6-7,9H2,1H3,(H2,22,24);1H/t15-;/m0./s1. The van der Waals surface area contributed by atoms with E-state index in [4.69, 9.17) is 10.8 Å². The summed E-state index contributed by atoms with van der Waals surface area (Å²) in [7, 11) is 0. The van der Waals surface area contributed by atoms with E-state index < -0.39 is 0 Å². The Morgan fingerprint density at radius 1 is 1.37 bits per heavy atom. The van der Waals surface area contributed by atoms with Crippen molar-refractivity contribution in [3.63, 3.8) is 0 Å². The number of anilines is 1. The first-order valence-corrected chi connectivity index (χ1v) is 10.2. The molecule has 3 aromatic heterocycles. The number of nitrogens with one attached hydrogen (secondary N) is 1. The van der Waals surface area contributed by atoms with Crippen LogP contribution in [0.2, 0.25) is 0 Å². The van der Waals surface area contributed by atoms with E-state index in [2.05, 4.69) is 26.5 Å². The molecule has 1 atom stereocenters. The molecule has 0 unspecified atom stereocenters. The molecule has 5 rings (SSSR count). The van der Waals surface area contributed by atoms with Crippen molar-refractivity contribution in [3.05, 3.63) is 46.6 Å². The van der Waals surface area contributed by atoms with Crippen molar-refractivity contribution in [3.8, 4) is 11.8 Å². The van der Waals surface area contributed by atoms with Gasteiger partial charge >= 0.3 is 0 Å². The second-order valence-corrected chi connectivity index (χ2v) is 7.74. The number of rotatable bonds is 2. The van der Waals surface area contributed by atoms with Gasteiger partial charge in [0.15, 0.2) is 5.78 Å². The Hall–Kier alpha value is -2.99. The fourth-order valence-electron chi connectivity index (χ4n) is 3.72. The molecule has 1 aromatic carbocycles. The Bertz CT molecular complexity index is 1330. The third-order valence-corrected chi connectivity index (χ3v) is 5.86. The van der Waals surface area contributed by atoms with Gasteiger partial charge in [-0.3, -0.25) is 9.48 Å². The molecular weight excluding hydrogens is 420 g/mol. The number of hydrogen-bond acceptors (Lipinski definition) is 7. The molecule has 4 heterocycles. The van der Waals surface area contributed by atoms with Crippen LogP contribution in [0.4, 0.5) is 5.82 Å². The zero-order valence-electron chi connectivity index (χ0n) is 16.2. The molecule has 0 spiro atoms. The van der Waals surface area contributed by atoms with Crippen LogP contribution in [-0.4, -0.2) is 38.0 Å². The van der Waals surface area contributed by atoms with E-state index >= 15 is 0 Å². The zero-order valence-corrected chi connectivity index (χ0v) is 17.8. The first kappa shape index (κ1) is 20.3. The van der Waals surface area contributed by atoms with Crippen LogP contribution in [-0.2, 0) is 0 Å². The number of nitrogens with zero attached hydrogens (tertiary/aromatic N) is 4. The Balaban J connectivity index is 0.00000218. The minimum absolute atomic E-state index is 0. The van der Waals surface area contributed by atoms with Gasteiger partial charge in [-0.25, -0.2) is 4.98 Å². The molecule has 0 bridgehead atoms. The van der Waals surface area contributed by atoms with E-state index in [-0.39, 0.29) is 24.2 Å². The summed E-state index contributed by atoms with van der Waals surface area (Å²) in [4.78, 5) is 16.5. The summed E-state index contributed by atoms with van der Waals surface area (Å²) in [6.07, 6.45) is 2.47. The molecule has 4 aromatic rings. The predicted molar refractivity (Wildman–Crippen MR) is 121 cm³/mol. The predicted octanol–water partition coefficient (Wildman–Crippen LogP) is 3.18. The summed E-state index contributed by atoms with van der Waals surface area (Å²) in [6, 6.07) is 6.08. The van der Waals surface area contributed by atoms with Gasteiger partial charge in [-0.05, 0) is 49.5 Å². The number of nitrogens with two attached hydrogens (primary N) is 1. The van der Waals surface area contributed by atoms with Crippen molar-refractivity contribution in [2.75, 3.05) is 18.8 Å². The second kappa shape index (κ2) is 8.03. The number of pyridine rings is 1. The second-order valence-electron chi connectivity index (χ2n) is 7.11. The van der Waals surface area contributed by atoms with Gasteiger partial charge in [0.1, 0.15) is 11.5 Å². The molecule has 1 aliphatic heterocycles. The molecule has 1 saturated heterocycles. The molecule has 0 saturated carbocycles. The van der Waals surface area contributed by atoms with Crippen molar-refractivity contribution < 1.29 is 4.79 Å². The van der Waals surface area contributed by atoms with Gasteiger partial charge in [0.2, 0.25) is 0 Å². The van der Waals surface area contributed by atoms with E-state index in [0.717, 1.165) is 41.5 Å². The smallest absolute Gasteiger partial charge is 0.163 e. The summed E-state index contributed by atoms with van der Waals surface area (Å²) < 4.78 is 6.27. The van der Waals surface area contributed by atoms with Crippen LogP contribution in [0.3, 0.4) is 0 Å². The Labute approximate surface area is 183 Å². The summed E-state index contributed by atoms with van der Waals surface area (Å²) >= 11 is 1.43. The number of carbonyl (C=O) groups is 1. The van der Waals surface area contributed by atoms with Crippen LogP contribution in [0, 0.1) is 11.8 Å². The normalized spacial score (nSPS) is 15.7. The number of nitrogen functional groups attached to an aromatic ring is 1. The van der Waals surface area contributed by atoms with E-state index in [1.807, 2.05) is 28.3 Å². The Morgan fingerprint density at radius 2 is 2.23 bits per heavy atom. The molecule has 30 heavy (non-hydrogen) atoms. The first-order chi connectivity index (χ1) is 14.1. The number of benzene rings is 1. The van der Waals surface area contributed by atoms with E-state index in [1.165, 1.54) is 24.7 Å². The third kappa shape index (κ3) is 3.41. The van der Waals surface area contributed by atoms with Crippen LogP contribution in [0.1, 0.15) is 41.0 Å². The van der Waals surface area contributed by atoms with E-state index in [1.54, 1.807) is 0 Å². The number of hydrogen-bond donors (Lipinski definition) is 2. The summed E-state index contributed by atoms with van der Waals surface area (Å²) in [6.45, 7) is 3.24. The highest BCUT2D eigenvalue weighted by molar-refractivity contribution is 7.04. The lowest BCUT2D eigenvalue weighted by molar-refractivity contribution is 0.101. The average molecular weight is 439 g/mol. The maximum atomic E-state index is 12.2. The zero-order chi connectivity index (χ0) is 20.0. The lowest BCUT2D eigenvalue weighted by Gasteiger charge is -2.12. The van der Waals surface area contributed by atoms with Crippen LogP contribution >= 0.6 is 23.9 Å². The van der Waals surface area contributed by atoms with Gasteiger partial charge < -0.3 is 11.1 Å². The number of halogens is 1. The van der Waals surface area contributed by atoms with Crippen molar-refractivity contribution >= 4 is 57.3 Å². The van der Waals surface area contributed by atoms with E-state index in [0.29, 0.717) is 22.5 Å². The fourth-order valence-corrected chi connectivity index (χ4v) is 4.36. The summed E-state index contributed by atoms with van der Waals surface area (Å²) in [5.41, 5.74) is 9.75. The van der Waals surface area contributed by atoms with Gasteiger partial charge in [-0.15, -0.1) is 12.4 Å². The number of ketones is 1. The molecule has 0 radical (unpaired) electrons. The van der Waals surface area contributed by atoms with Crippen molar-refractivity contribution in [1.82, 2.24) is 24.5 Å². The maximum absolute atomic E-state index is 12.2. The highest BCUT2D eigenvalue weighted by atomic mass is 35.5. The van der Waals surface area contributed by atoms with Gasteiger partial charge in [-0.2, -0.15) is 9.47 Å². The van der Waals surface area contributed by atoms with Crippen molar-refractivity contribution in [2.45, 2.75) is 19.4 Å². The van der Waals surface area contributed by atoms with Gasteiger partial charge in [0.05, 0.1) is 28.0 Å². The average Bonchev–Trinajstić information content (AvgIpc) is 3.45. The summed E-state index contributed by atoms with van der Waals surface area (Å²) in [5, 5.41) is 11.9. The molecule has 1 fully saturated rings. The van der Waals surface area contributed by atoms with Crippen molar-refractivity contribution in [1.29, 1.82) is 0 Å². The fraction of sp³-hybridized carbons (Fsp3) is 0.238. The van der Waals surface area contributed by atoms with Gasteiger partial charge in [-0.1, -0.05) is 12.0 Å². The Kier molecular flexibility index (Phi) is 5.43. The molecule has 152 valence electrons. The molecule has 7 nitrogen and oxygen atoms in total. The van der Waals surface area contributed by atoms with Crippen LogP contribution in [0.5, 0.6) is 0 Å². The number of carbonyl (C=O) groups excluding carboxylic acids is 1. The first-order valence-electron chi connectivity index (χ1n) is 9.36. The molecular formula is C21H19ClN6OS. The lowest BCUT2D eigenvalue weighted by atomic mass is 10.1. The molecule has 0 amide bonds. The Morgan fingerprint density at radius 3 is 3.00 bits per heavy atom. The SMILES string of the molecule is CC(=O)c1cnc(N)c2c(C#Cc3ccc4csnc4c3)nn([C@H]3CCNC3)c12.Cl. The number of Topliss-reactive ketones (excluding diaryl/α,β-unsaturated/α-hetero) is 1. The van der Waals surface area contributed by atoms with Gasteiger partial charge in [0, 0.05) is 29.1 Å². The molecule has 3 N–H and O–H groups in total. The minimum atomic E-state index is -0.0666. The highest BCUT2D eigenvalue weighted by Gasteiger charge is 2.25. The van der Waals surface area contributed by atoms with E-state index in [9.17, 15) is 4.79 Å². The molecule has 1 aliphatic rings. The van der Waals surface area contributed by atoms with Crippen LogP contribution in [0.15, 0.2) is 29.8 Å². The van der Waals surface area contributed by atoms with Crippen LogP contribution < -0.4 is 11.1 Å². The number of aromatic nitrogens is 4. The quantitative estimate of drug-likeness (QED) is 0.368. The minimum Gasteiger partial charge on any atom is -0.383 e. The largest absolute Gasteiger partial charge is 0.383 e. The third-order valence-electron chi connectivity index (χ3n) is 5.20. The molecule has 9 heteroatoms. The van der Waals surface area contributed by atoms with Gasteiger partial charge in [0.25, 0.3) is 0 Å². The molecule has 0 aliphatic carbocycles. The van der Waals surface area contributed by atoms with Crippen molar-refractivity contribution in [2.24, 2.45) is 0 Å². The highest BCUT2D eigenvalue weighted by Crippen LogP contribution is 2.30. The lowest BCUT2D eigenvalue weighted by Crippen LogP contribution is -2.15. The number of fused-ring (bicyclic) bond motifs is 2. The van der Waals surface area contributed by atoms with Crippen LogP contribution in [0.25, 0.3) is 21.8 Å². The monoisotopic (exact) mass is 438 g/mol.